The number of hydrogen-bond donors (Lipinski definition) is 1. The first kappa shape index (κ1) is 13.7. The van der Waals surface area contributed by atoms with Gasteiger partial charge in [0.25, 0.3) is 0 Å². The van der Waals surface area contributed by atoms with Gasteiger partial charge < -0.3 is 5.11 Å². The molecular weight excluding hydrogens is 188 g/mol. The van der Waals surface area contributed by atoms with E-state index in [9.17, 15) is 4.79 Å². The summed E-state index contributed by atoms with van der Waals surface area (Å²) in [7, 11) is 0. The Balaban J connectivity index is 3.66. The maximum atomic E-state index is 10.3. The Morgan fingerprint density at radius 1 is 1.40 bits per heavy atom. The predicted octanol–water partition coefficient (Wildman–Crippen LogP) is 3.71. The van der Waals surface area contributed by atoms with Crippen LogP contribution in [0.4, 0.5) is 0 Å². The van der Waals surface area contributed by atoms with Crippen molar-refractivity contribution in [2.45, 2.75) is 39.5 Å². The lowest BCUT2D eigenvalue weighted by atomic mass is 10.1. The predicted molar refractivity (Wildman–Crippen MR) is 63.8 cm³/mol. The minimum atomic E-state index is -0.733. The smallest absolute Gasteiger partial charge is 0.303 e. The zero-order valence-electron chi connectivity index (χ0n) is 9.62. The van der Waals surface area contributed by atoms with Gasteiger partial charge in [-0.05, 0) is 33.1 Å². The van der Waals surface area contributed by atoms with Crippen LogP contribution in [0.2, 0.25) is 0 Å². The molecule has 0 aliphatic rings. The number of carbonyl (C=O) groups is 1. The van der Waals surface area contributed by atoms with Crippen LogP contribution in [0.15, 0.2) is 36.0 Å². The van der Waals surface area contributed by atoms with Crippen molar-refractivity contribution in [3.8, 4) is 0 Å². The summed E-state index contributed by atoms with van der Waals surface area (Å²) < 4.78 is 0. The van der Waals surface area contributed by atoms with Gasteiger partial charge in [0.05, 0.1) is 0 Å². The summed E-state index contributed by atoms with van der Waals surface area (Å²) in [6.07, 6.45) is 8.72. The molecule has 0 radical (unpaired) electrons. The Morgan fingerprint density at radius 3 is 2.60 bits per heavy atom. The molecule has 1 N–H and O–H groups in total. The third kappa shape index (κ3) is 9.01. The summed E-state index contributed by atoms with van der Waals surface area (Å²) in [6.45, 7) is 7.96. The highest BCUT2D eigenvalue weighted by molar-refractivity contribution is 5.66. The quantitative estimate of drug-likeness (QED) is 0.511. The zero-order valence-corrected chi connectivity index (χ0v) is 9.62. The van der Waals surface area contributed by atoms with E-state index in [4.69, 9.17) is 5.11 Å². The van der Waals surface area contributed by atoms with Crippen molar-refractivity contribution < 1.29 is 9.90 Å². The summed E-state index contributed by atoms with van der Waals surface area (Å²) in [5.41, 5.74) is 2.32. The molecule has 0 aromatic carbocycles. The summed E-state index contributed by atoms with van der Waals surface area (Å²) in [5.74, 6) is -0.733. The molecule has 0 bridgehead atoms. The topological polar surface area (TPSA) is 37.3 Å². The normalized spacial score (nSPS) is 12.0. The highest BCUT2D eigenvalue weighted by atomic mass is 16.4. The minimum absolute atomic E-state index is 0.233. The molecule has 0 aromatic heterocycles. The average Bonchev–Trinajstić information content (AvgIpc) is 2.17. The standard InChI is InChI=1S/C13H20O2/c1-4-11(2)7-5-8-12(3)9-6-10-13(14)15/h4-5,7H,3,6,8-10H2,1-2H3,(H,14,15)/b7-5?,11-4-. The molecule has 0 spiro atoms. The molecular formula is C13H20O2. The molecule has 0 amide bonds. The molecule has 2 nitrogen and oxygen atoms in total. The van der Waals surface area contributed by atoms with Gasteiger partial charge in [-0.1, -0.05) is 36.0 Å². The Hall–Kier alpha value is -1.31. The summed E-state index contributed by atoms with van der Waals surface area (Å²) in [6, 6.07) is 0. The maximum absolute atomic E-state index is 10.3. The summed E-state index contributed by atoms with van der Waals surface area (Å²) in [5, 5.41) is 8.46. The first-order chi connectivity index (χ1) is 7.06. The molecule has 0 aliphatic carbocycles. The van der Waals surface area contributed by atoms with Crippen molar-refractivity contribution in [3.63, 3.8) is 0 Å². The van der Waals surface area contributed by atoms with Gasteiger partial charge >= 0.3 is 5.97 Å². The number of hydrogen-bond acceptors (Lipinski definition) is 1. The van der Waals surface area contributed by atoms with Crippen LogP contribution in [-0.4, -0.2) is 11.1 Å². The van der Waals surface area contributed by atoms with Crippen LogP contribution in [0.25, 0.3) is 0 Å². The molecule has 0 unspecified atom stereocenters. The lowest BCUT2D eigenvalue weighted by Gasteiger charge is -2.00. The number of carboxylic acids is 1. The minimum Gasteiger partial charge on any atom is -0.481 e. The van der Waals surface area contributed by atoms with E-state index >= 15 is 0 Å². The van der Waals surface area contributed by atoms with Gasteiger partial charge in [-0.25, -0.2) is 0 Å². The fourth-order valence-corrected chi connectivity index (χ4v) is 1.10. The van der Waals surface area contributed by atoms with E-state index in [-0.39, 0.29) is 6.42 Å². The fraction of sp³-hybridized carbons (Fsp3) is 0.462. The molecule has 0 fully saturated rings. The number of carboxylic acid groups (broad SMARTS) is 1. The van der Waals surface area contributed by atoms with Crippen molar-refractivity contribution >= 4 is 5.97 Å². The monoisotopic (exact) mass is 208 g/mol. The van der Waals surface area contributed by atoms with E-state index in [2.05, 4.69) is 18.7 Å². The molecule has 0 saturated carbocycles. The van der Waals surface area contributed by atoms with Crippen molar-refractivity contribution in [1.29, 1.82) is 0 Å². The molecule has 0 heterocycles. The largest absolute Gasteiger partial charge is 0.481 e. The lowest BCUT2D eigenvalue weighted by Crippen LogP contribution is -1.94. The molecule has 0 saturated heterocycles. The first-order valence-electron chi connectivity index (χ1n) is 5.24. The number of rotatable bonds is 7. The van der Waals surface area contributed by atoms with Gasteiger partial charge in [-0.3, -0.25) is 4.79 Å². The Labute approximate surface area is 92.0 Å². The van der Waals surface area contributed by atoms with Crippen molar-refractivity contribution in [3.05, 3.63) is 36.0 Å². The van der Waals surface area contributed by atoms with Crippen molar-refractivity contribution in [2.24, 2.45) is 0 Å². The average molecular weight is 208 g/mol. The van der Waals surface area contributed by atoms with Gasteiger partial charge in [-0.2, -0.15) is 0 Å². The maximum Gasteiger partial charge on any atom is 0.303 e. The Morgan fingerprint density at radius 2 is 2.07 bits per heavy atom. The summed E-state index contributed by atoms with van der Waals surface area (Å²) in [4.78, 5) is 10.3. The van der Waals surface area contributed by atoms with Crippen molar-refractivity contribution in [2.75, 3.05) is 0 Å². The van der Waals surface area contributed by atoms with E-state index in [0.717, 1.165) is 18.4 Å². The first-order valence-corrected chi connectivity index (χ1v) is 5.24. The summed E-state index contributed by atoms with van der Waals surface area (Å²) >= 11 is 0. The fourth-order valence-electron chi connectivity index (χ4n) is 1.10. The highest BCUT2D eigenvalue weighted by Gasteiger charge is 1.97. The lowest BCUT2D eigenvalue weighted by molar-refractivity contribution is -0.137. The van der Waals surface area contributed by atoms with Gasteiger partial charge in [0.15, 0.2) is 0 Å². The van der Waals surface area contributed by atoms with Crippen LogP contribution >= 0.6 is 0 Å². The van der Waals surface area contributed by atoms with E-state index in [1.54, 1.807) is 0 Å². The van der Waals surface area contributed by atoms with Gasteiger partial charge in [0.2, 0.25) is 0 Å². The second kappa shape index (κ2) is 8.04. The van der Waals surface area contributed by atoms with E-state index < -0.39 is 5.97 Å². The van der Waals surface area contributed by atoms with Crippen molar-refractivity contribution in [1.82, 2.24) is 0 Å². The molecule has 0 rings (SSSR count). The molecule has 15 heavy (non-hydrogen) atoms. The van der Waals surface area contributed by atoms with Gasteiger partial charge in [0, 0.05) is 6.42 Å². The number of allylic oxidation sites excluding steroid dienone is 5. The second-order valence-corrected chi connectivity index (χ2v) is 3.64. The molecule has 0 atom stereocenters. The van der Waals surface area contributed by atoms with Crippen LogP contribution in [0.1, 0.15) is 39.5 Å². The molecule has 0 aliphatic heterocycles. The SMILES string of the molecule is C=C(CC=C/C(C)=C\C)CCCC(=O)O. The molecule has 2 heteroatoms. The highest BCUT2D eigenvalue weighted by Crippen LogP contribution is 2.10. The van der Waals surface area contributed by atoms with Gasteiger partial charge in [-0.15, -0.1) is 0 Å². The van der Waals surface area contributed by atoms with Crippen LogP contribution in [0, 0.1) is 0 Å². The molecule has 84 valence electrons. The van der Waals surface area contributed by atoms with Crippen LogP contribution in [-0.2, 0) is 4.79 Å². The molecule has 0 aromatic rings. The second-order valence-electron chi connectivity index (χ2n) is 3.64. The van der Waals surface area contributed by atoms with Crippen LogP contribution in [0.5, 0.6) is 0 Å². The zero-order chi connectivity index (χ0) is 11.7. The van der Waals surface area contributed by atoms with Gasteiger partial charge in [0.1, 0.15) is 0 Å². The number of aliphatic carboxylic acids is 1. The Kier molecular flexibility index (Phi) is 7.33. The van der Waals surface area contributed by atoms with E-state index in [0.29, 0.717) is 6.42 Å². The van der Waals surface area contributed by atoms with Crippen LogP contribution < -0.4 is 0 Å². The Bertz CT molecular complexity index is 272. The van der Waals surface area contributed by atoms with Crippen LogP contribution in [0.3, 0.4) is 0 Å². The third-order valence-electron chi connectivity index (χ3n) is 2.16. The van der Waals surface area contributed by atoms with E-state index in [1.165, 1.54) is 5.57 Å². The van der Waals surface area contributed by atoms with E-state index in [1.807, 2.05) is 19.9 Å². The third-order valence-corrected chi connectivity index (χ3v) is 2.16.